The fourth-order valence-electron chi connectivity index (χ4n) is 2.24. The Bertz CT molecular complexity index is 566. The SMILES string of the molecule is CC(C)CC(NC(=O)C(C)NC(=O)C(N)C(C)O)C(=O)NC(C(=O)O)C(C)O. The Balaban J connectivity index is 5.12. The summed E-state index contributed by atoms with van der Waals surface area (Å²) < 4.78 is 0. The third kappa shape index (κ3) is 8.63. The number of rotatable bonds is 11. The van der Waals surface area contributed by atoms with Gasteiger partial charge < -0.3 is 37.0 Å². The van der Waals surface area contributed by atoms with Crippen molar-refractivity contribution >= 4 is 23.7 Å². The minimum atomic E-state index is -1.53. The predicted octanol–water partition coefficient (Wildman–Crippen LogP) is -2.32. The summed E-state index contributed by atoms with van der Waals surface area (Å²) in [5, 5.41) is 34.9. The lowest BCUT2D eigenvalue weighted by molar-refractivity contribution is -0.145. The lowest BCUT2D eigenvalue weighted by atomic mass is 10.0. The van der Waals surface area contributed by atoms with Crippen molar-refractivity contribution < 1.29 is 34.5 Å². The molecule has 28 heavy (non-hydrogen) atoms. The van der Waals surface area contributed by atoms with Crippen LogP contribution >= 0.6 is 0 Å². The van der Waals surface area contributed by atoms with Crippen LogP contribution in [0.1, 0.15) is 41.0 Å². The van der Waals surface area contributed by atoms with Gasteiger partial charge in [-0.15, -0.1) is 0 Å². The molecular weight excluding hydrogens is 372 g/mol. The summed E-state index contributed by atoms with van der Waals surface area (Å²) in [5.74, 6) is -3.61. The lowest BCUT2D eigenvalue weighted by Gasteiger charge is -2.25. The van der Waals surface area contributed by atoms with Crippen molar-refractivity contribution in [2.45, 2.75) is 77.4 Å². The summed E-state index contributed by atoms with van der Waals surface area (Å²) in [7, 11) is 0. The first-order valence-electron chi connectivity index (χ1n) is 9.03. The highest BCUT2D eigenvalue weighted by molar-refractivity contribution is 5.94. The molecule has 0 saturated heterocycles. The van der Waals surface area contributed by atoms with Gasteiger partial charge in [-0.2, -0.15) is 0 Å². The maximum atomic E-state index is 12.4. The Morgan fingerprint density at radius 1 is 0.821 bits per heavy atom. The number of hydrogen-bond acceptors (Lipinski definition) is 7. The van der Waals surface area contributed by atoms with Crippen LogP contribution in [-0.4, -0.2) is 75.4 Å². The van der Waals surface area contributed by atoms with Crippen molar-refractivity contribution in [1.29, 1.82) is 0 Å². The molecule has 11 nitrogen and oxygen atoms in total. The van der Waals surface area contributed by atoms with Gasteiger partial charge in [0, 0.05) is 0 Å². The predicted molar refractivity (Wildman–Crippen MR) is 99.9 cm³/mol. The molecule has 3 amide bonds. The number of amides is 3. The average Bonchev–Trinajstić information content (AvgIpc) is 2.56. The maximum absolute atomic E-state index is 12.4. The van der Waals surface area contributed by atoms with Crippen LogP contribution in [0.2, 0.25) is 0 Å². The summed E-state index contributed by atoms with van der Waals surface area (Å²) in [6.45, 7) is 7.55. The summed E-state index contributed by atoms with van der Waals surface area (Å²) in [5.41, 5.74) is 5.50. The average molecular weight is 404 g/mol. The second-order valence-corrected chi connectivity index (χ2v) is 7.25. The Labute approximate surface area is 164 Å². The second-order valence-electron chi connectivity index (χ2n) is 7.25. The van der Waals surface area contributed by atoms with E-state index in [-0.39, 0.29) is 12.3 Å². The summed E-state index contributed by atoms with van der Waals surface area (Å²) in [4.78, 5) is 47.8. The molecular formula is C17H32N4O7. The molecule has 0 aromatic heterocycles. The van der Waals surface area contributed by atoms with Gasteiger partial charge in [-0.1, -0.05) is 13.8 Å². The Morgan fingerprint density at radius 2 is 1.36 bits per heavy atom. The number of carbonyl (C=O) groups excluding carboxylic acids is 3. The fraction of sp³-hybridized carbons (Fsp3) is 0.765. The highest BCUT2D eigenvalue weighted by Gasteiger charge is 2.31. The van der Waals surface area contributed by atoms with Crippen LogP contribution in [0.4, 0.5) is 0 Å². The van der Waals surface area contributed by atoms with Gasteiger partial charge in [-0.05, 0) is 33.1 Å². The van der Waals surface area contributed by atoms with Crippen molar-refractivity contribution in [2.24, 2.45) is 11.7 Å². The van der Waals surface area contributed by atoms with E-state index in [1.165, 1.54) is 20.8 Å². The zero-order chi connectivity index (χ0) is 22.2. The van der Waals surface area contributed by atoms with Crippen molar-refractivity contribution in [3.05, 3.63) is 0 Å². The van der Waals surface area contributed by atoms with Gasteiger partial charge in [0.05, 0.1) is 12.2 Å². The van der Waals surface area contributed by atoms with E-state index in [9.17, 15) is 29.4 Å². The molecule has 8 N–H and O–H groups in total. The molecule has 0 bridgehead atoms. The second kappa shape index (κ2) is 11.6. The lowest BCUT2D eigenvalue weighted by Crippen LogP contribution is -2.58. The molecule has 0 heterocycles. The topological polar surface area (TPSA) is 191 Å². The number of carboxylic acid groups (broad SMARTS) is 1. The van der Waals surface area contributed by atoms with E-state index in [2.05, 4.69) is 16.0 Å². The number of hydrogen-bond donors (Lipinski definition) is 7. The van der Waals surface area contributed by atoms with Crippen LogP contribution in [0.25, 0.3) is 0 Å². The van der Waals surface area contributed by atoms with E-state index in [1.54, 1.807) is 0 Å². The van der Waals surface area contributed by atoms with Crippen molar-refractivity contribution in [1.82, 2.24) is 16.0 Å². The van der Waals surface area contributed by atoms with Gasteiger partial charge in [-0.25, -0.2) is 4.79 Å². The van der Waals surface area contributed by atoms with E-state index in [0.29, 0.717) is 0 Å². The largest absolute Gasteiger partial charge is 0.480 e. The Morgan fingerprint density at radius 3 is 1.75 bits per heavy atom. The Hall–Kier alpha value is -2.24. The summed E-state index contributed by atoms with van der Waals surface area (Å²) >= 11 is 0. The first-order chi connectivity index (χ1) is 12.8. The van der Waals surface area contributed by atoms with Gasteiger partial charge in [0.25, 0.3) is 0 Å². The van der Waals surface area contributed by atoms with Crippen LogP contribution in [-0.2, 0) is 19.2 Å². The fourth-order valence-corrected chi connectivity index (χ4v) is 2.24. The van der Waals surface area contributed by atoms with Crippen LogP contribution in [0, 0.1) is 5.92 Å². The molecule has 0 saturated carbocycles. The van der Waals surface area contributed by atoms with E-state index >= 15 is 0 Å². The number of nitrogens with two attached hydrogens (primary N) is 1. The van der Waals surface area contributed by atoms with Gasteiger partial charge in [0.2, 0.25) is 17.7 Å². The minimum absolute atomic E-state index is 0.0144. The number of carboxylic acids is 1. The third-order valence-corrected chi connectivity index (χ3v) is 3.96. The van der Waals surface area contributed by atoms with E-state index < -0.39 is 60.1 Å². The third-order valence-electron chi connectivity index (χ3n) is 3.96. The first-order valence-corrected chi connectivity index (χ1v) is 9.03. The zero-order valence-corrected chi connectivity index (χ0v) is 16.8. The van der Waals surface area contributed by atoms with Crippen molar-refractivity contribution in [2.75, 3.05) is 0 Å². The molecule has 162 valence electrons. The van der Waals surface area contributed by atoms with Gasteiger partial charge in [-0.3, -0.25) is 14.4 Å². The number of aliphatic hydroxyl groups excluding tert-OH is 2. The van der Waals surface area contributed by atoms with E-state index in [4.69, 9.17) is 10.8 Å². The van der Waals surface area contributed by atoms with Crippen LogP contribution < -0.4 is 21.7 Å². The van der Waals surface area contributed by atoms with E-state index in [1.807, 2.05) is 13.8 Å². The molecule has 0 aromatic carbocycles. The molecule has 0 radical (unpaired) electrons. The molecule has 0 fully saturated rings. The van der Waals surface area contributed by atoms with Crippen LogP contribution in [0.5, 0.6) is 0 Å². The highest BCUT2D eigenvalue weighted by atomic mass is 16.4. The molecule has 0 rings (SSSR count). The van der Waals surface area contributed by atoms with Crippen molar-refractivity contribution in [3.8, 4) is 0 Å². The smallest absolute Gasteiger partial charge is 0.328 e. The number of aliphatic carboxylic acids is 1. The molecule has 6 unspecified atom stereocenters. The number of aliphatic hydroxyl groups is 2. The highest BCUT2D eigenvalue weighted by Crippen LogP contribution is 2.07. The Kier molecular flexibility index (Phi) is 10.6. The standard InChI is InChI=1S/C17H32N4O7/c1-7(2)6-11(15(25)21-13(10(5)23)17(27)28)20-14(24)8(3)19-16(26)12(18)9(4)22/h7-13,22-23H,6,18H2,1-5H3,(H,19,26)(H,20,24)(H,21,25)(H,27,28). The number of carbonyl (C=O) groups is 4. The number of nitrogens with one attached hydrogen (secondary N) is 3. The molecule has 0 aromatic rings. The zero-order valence-electron chi connectivity index (χ0n) is 16.8. The molecule has 11 heteroatoms. The van der Waals surface area contributed by atoms with Gasteiger partial charge >= 0.3 is 5.97 Å². The summed E-state index contributed by atoms with van der Waals surface area (Å²) in [6, 6.07) is -4.86. The van der Waals surface area contributed by atoms with E-state index in [0.717, 1.165) is 0 Å². The first kappa shape index (κ1) is 25.8. The minimum Gasteiger partial charge on any atom is -0.480 e. The van der Waals surface area contributed by atoms with Crippen molar-refractivity contribution in [3.63, 3.8) is 0 Å². The molecule has 6 atom stereocenters. The maximum Gasteiger partial charge on any atom is 0.328 e. The van der Waals surface area contributed by atoms with Crippen LogP contribution in [0.3, 0.4) is 0 Å². The molecule has 0 aliphatic rings. The van der Waals surface area contributed by atoms with Gasteiger partial charge in [0.15, 0.2) is 6.04 Å². The molecule has 0 aliphatic heterocycles. The summed E-state index contributed by atoms with van der Waals surface area (Å²) in [6.07, 6.45) is -2.24. The quantitative estimate of drug-likeness (QED) is 0.199. The molecule has 0 aliphatic carbocycles. The normalized spacial score (nSPS) is 17.6. The van der Waals surface area contributed by atoms with Crippen LogP contribution in [0.15, 0.2) is 0 Å². The molecule has 0 spiro atoms. The van der Waals surface area contributed by atoms with Gasteiger partial charge in [0.1, 0.15) is 18.1 Å². The monoisotopic (exact) mass is 404 g/mol.